The number of aliphatic hydroxyl groups excluding tert-OH is 6. The van der Waals surface area contributed by atoms with Gasteiger partial charge < -0.3 is 74.7 Å². The van der Waals surface area contributed by atoms with E-state index in [4.69, 9.17) is 23.7 Å². The van der Waals surface area contributed by atoms with Crippen LogP contribution in [0.1, 0.15) is 11.1 Å². The Kier molecular flexibility index (Phi) is 11.6. The highest BCUT2D eigenvalue weighted by Gasteiger charge is 2.51. The monoisotopic (exact) mass is 640 g/mol. The first-order valence-corrected chi connectivity index (χ1v) is 13.9. The van der Waals surface area contributed by atoms with E-state index >= 15 is 0 Å². The van der Waals surface area contributed by atoms with Gasteiger partial charge in [0, 0.05) is 6.08 Å². The molecule has 2 aliphatic heterocycles. The van der Waals surface area contributed by atoms with Gasteiger partial charge in [0.1, 0.15) is 55.4 Å². The molecule has 0 spiro atoms. The van der Waals surface area contributed by atoms with Crippen molar-refractivity contribution in [3.8, 4) is 23.0 Å². The molecule has 2 heterocycles. The Morgan fingerprint density at radius 3 is 2.09 bits per heavy atom. The number of phenols is 4. The van der Waals surface area contributed by atoms with Crippen LogP contribution in [0.4, 0.5) is 0 Å². The zero-order chi connectivity index (χ0) is 32.8. The average Bonchev–Trinajstić information content (AvgIpc) is 3.01. The largest absolute Gasteiger partial charge is 0.504 e. The van der Waals surface area contributed by atoms with Crippen LogP contribution >= 0.6 is 0 Å². The normalized spacial score (nSPS) is 32.0. The predicted molar refractivity (Wildman–Crippen MR) is 149 cm³/mol. The molecule has 0 unspecified atom stereocenters. The summed E-state index contributed by atoms with van der Waals surface area (Å²) in [5.74, 6) is -2.31. The summed E-state index contributed by atoms with van der Waals surface area (Å²) in [4.78, 5) is 12.4. The van der Waals surface area contributed by atoms with Gasteiger partial charge in [-0.15, -0.1) is 0 Å². The number of ether oxygens (including phenoxy) is 5. The smallest absolute Gasteiger partial charge is 0.330 e. The van der Waals surface area contributed by atoms with E-state index in [9.17, 15) is 55.9 Å². The number of hydrogen-bond donors (Lipinski definition) is 10. The van der Waals surface area contributed by atoms with Crippen LogP contribution in [0, 0.1) is 0 Å². The molecule has 10 atom stereocenters. The van der Waals surface area contributed by atoms with Gasteiger partial charge in [0.25, 0.3) is 0 Å². The van der Waals surface area contributed by atoms with Gasteiger partial charge in [-0.3, -0.25) is 0 Å². The molecular formula is C29H36O16. The van der Waals surface area contributed by atoms with Crippen LogP contribution in [0.5, 0.6) is 23.0 Å². The van der Waals surface area contributed by atoms with Crippen molar-refractivity contribution < 1.29 is 79.5 Å². The number of rotatable bonds is 11. The summed E-state index contributed by atoms with van der Waals surface area (Å²) in [5.41, 5.74) is 0.923. The Balaban J connectivity index is 1.45. The van der Waals surface area contributed by atoms with Crippen LogP contribution in [0.15, 0.2) is 42.5 Å². The van der Waals surface area contributed by atoms with Gasteiger partial charge >= 0.3 is 5.97 Å². The van der Waals surface area contributed by atoms with Crippen LogP contribution in [-0.2, 0) is 34.9 Å². The summed E-state index contributed by atoms with van der Waals surface area (Å²) in [7, 11) is 0. The number of esters is 1. The van der Waals surface area contributed by atoms with E-state index in [1.165, 1.54) is 42.5 Å². The van der Waals surface area contributed by atoms with Gasteiger partial charge in [-0.05, 0) is 47.9 Å². The topological polar surface area (TPSA) is 266 Å². The number of phenolic OH excluding ortho intramolecular Hbond substituents is 4. The summed E-state index contributed by atoms with van der Waals surface area (Å²) in [6.07, 6.45) is -13.9. The lowest BCUT2D eigenvalue weighted by Crippen LogP contribution is -2.65. The standard InChI is InChI=1S/C29H36O16/c30-11-19-22(36)24(38)25(39)29(43-19)45-27-23(37)20(12-42-21(35)6-3-13-1-4-15(31)17(33)9-13)44-28(26(27)40)41-8-7-14-2-5-16(32)18(34)10-14/h1-6,9-10,19-20,22-34,36-40H,7-8,11-12H2/b6-3+/t19-,20-,22-,23-,24-,25-,26-,27-,28-,29+/m1/s1. The number of aromatic hydroxyl groups is 4. The highest BCUT2D eigenvalue weighted by molar-refractivity contribution is 5.87. The fourth-order valence-electron chi connectivity index (χ4n) is 4.71. The van der Waals surface area contributed by atoms with E-state index in [1.807, 2.05) is 0 Å². The molecule has 0 amide bonds. The van der Waals surface area contributed by atoms with Crippen molar-refractivity contribution >= 4 is 12.0 Å². The van der Waals surface area contributed by atoms with Gasteiger partial charge in [-0.2, -0.15) is 0 Å². The molecule has 2 aromatic rings. The second-order valence-corrected chi connectivity index (χ2v) is 10.5. The quantitative estimate of drug-likeness (QED) is 0.0720. The molecule has 0 radical (unpaired) electrons. The van der Waals surface area contributed by atoms with E-state index in [0.717, 1.165) is 6.08 Å². The van der Waals surface area contributed by atoms with Gasteiger partial charge in [-0.1, -0.05) is 12.1 Å². The van der Waals surface area contributed by atoms with Gasteiger partial charge in [0.05, 0.1) is 13.2 Å². The van der Waals surface area contributed by atoms with E-state index in [0.29, 0.717) is 11.1 Å². The molecule has 0 bridgehead atoms. The molecule has 16 heteroatoms. The highest BCUT2D eigenvalue weighted by atomic mass is 16.7. The number of aliphatic hydroxyl groups is 6. The molecule has 2 aromatic carbocycles. The average molecular weight is 641 g/mol. The maximum Gasteiger partial charge on any atom is 0.330 e. The van der Waals surface area contributed by atoms with Gasteiger partial charge in [0.2, 0.25) is 0 Å². The molecule has 4 rings (SSSR count). The SMILES string of the molecule is O=C(/C=C/c1ccc(O)c(O)c1)OC[C@H]1O[C@@H](OCCc2ccc(O)c(O)c2)[C@H](O)[C@H](O[C@@H]2O[C@H](CO)[C@@H](O)[C@@H](O)[C@H]2O)[C@@H]1O. The van der Waals surface area contributed by atoms with Crippen molar-refractivity contribution in [3.05, 3.63) is 53.6 Å². The summed E-state index contributed by atoms with van der Waals surface area (Å²) in [5, 5.41) is 100. The molecule has 16 nitrogen and oxygen atoms in total. The van der Waals surface area contributed by atoms with Crippen molar-refractivity contribution in [2.75, 3.05) is 19.8 Å². The lowest BCUT2D eigenvalue weighted by molar-refractivity contribution is -0.360. The first kappa shape index (κ1) is 34.3. The molecular weight excluding hydrogens is 604 g/mol. The molecule has 2 saturated heterocycles. The third-order valence-electron chi connectivity index (χ3n) is 7.30. The number of benzene rings is 2. The minimum absolute atomic E-state index is 0.108. The zero-order valence-corrected chi connectivity index (χ0v) is 23.6. The maximum absolute atomic E-state index is 12.4. The van der Waals surface area contributed by atoms with Gasteiger partial charge in [-0.25, -0.2) is 4.79 Å². The summed E-state index contributed by atoms with van der Waals surface area (Å²) < 4.78 is 27.5. The van der Waals surface area contributed by atoms with E-state index in [1.54, 1.807) is 0 Å². The van der Waals surface area contributed by atoms with Crippen LogP contribution in [0.25, 0.3) is 6.08 Å². The van der Waals surface area contributed by atoms with Crippen LogP contribution in [0.2, 0.25) is 0 Å². The molecule has 248 valence electrons. The summed E-state index contributed by atoms with van der Waals surface area (Å²) in [6.45, 7) is -1.44. The third kappa shape index (κ3) is 8.39. The maximum atomic E-state index is 12.4. The van der Waals surface area contributed by atoms with Crippen molar-refractivity contribution in [1.82, 2.24) is 0 Å². The lowest BCUT2D eigenvalue weighted by Gasteiger charge is -2.46. The van der Waals surface area contributed by atoms with E-state index < -0.39 is 86.3 Å². The van der Waals surface area contributed by atoms with Crippen molar-refractivity contribution in [2.45, 2.75) is 67.8 Å². The van der Waals surface area contributed by atoms with Crippen LogP contribution < -0.4 is 0 Å². The molecule has 0 aliphatic carbocycles. The third-order valence-corrected chi connectivity index (χ3v) is 7.30. The minimum atomic E-state index is -1.85. The second-order valence-electron chi connectivity index (χ2n) is 10.5. The first-order chi connectivity index (χ1) is 21.4. The van der Waals surface area contributed by atoms with Crippen molar-refractivity contribution in [3.63, 3.8) is 0 Å². The molecule has 0 aromatic heterocycles. The fraction of sp³-hybridized carbons (Fsp3) is 0.483. The minimum Gasteiger partial charge on any atom is -0.504 e. The molecule has 2 fully saturated rings. The molecule has 0 saturated carbocycles. The Hall–Kier alpha value is -3.55. The van der Waals surface area contributed by atoms with Crippen molar-refractivity contribution in [1.29, 1.82) is 0 Å². The summed E-state index contributed by atoms with van der Waals surface area (Å²) >= 11 is 0. The van der Waals surface area contributed by atoms with Crippen LogP contribution in [0.3, 0.4) is 0 Å². The Morgan fingerprint density at radius 1 is 0.756 bits per heavy atom. The Labute approximate surface area is 256 Å². The first-order valence-electron chi connectivity index (χ1n) is 13.9. The Morgan fingerprint density at radius 2 is 1.42 bits per heavy atom. The summed E-state index contributed by atoms with van der Waals surface area (Å²) in [6, 6.07) is 7.97. The lowest BCUT2D eigenvalue weighted by atomic mass is 9.97. The molecule has 45 heavy (non-hydrogen) atoms. The highest BCUT2D eigenvalue weighted by Crippen LogP contribution is 2.31. The van der Waals surface area contributed by atoms with Crippen LogP contribution in [-0.4, -0.2) is 138 Å². The fourth-order valence-corrected chi connectivity index (χ4v) is 4.71. The predicted octanol–water partition coefficient (Wildman–Crippen LogP) is -2.04. The Bertz CT molecular complexity index is 1320. The van der Waals surface area contributed by atoms with Gasteiger partial charge in [0.15, 0.2) is 35.6 Å². The second kappa shape index (κ2) is 15.2. The zero-order valence-electron chi connectivity index (χ0n) is 23.6. The number of carbonyl (C=O) groups excluding carboxylic acids is 1. The number of hydrogen-bond acceptors (Lipinski definition) is 16. The van der Waals surface area contributed by atoms with E-state index in [-0.39, 0.29) is 30.3 Å². The van der Waals surface area contributed by atoms with Crippen molar-refractivity contribution in [2.24, 2.45) is 0 Å². The molecule has 2 aliphatic rings. The number of carbonyl (C=O) groups is 1. The van der Waals surface area contributed by atoms with E-state index in [2.05, 4.69) is 0 Å². The molecule has 10 N–H and O–H groups in total.